The van der Waals surface area contributed by atoms with E-state index in [2.05, 4.69) is 0 Å². The fourth-order valence-corrected chi connectivity index (χ4v) is 1.40. The van der Waals surface area contributed by atoms with Crippen LogP contribution in [0.1, 0.15) is 25.0 Å². The fourth-order valence-electron chi connectivity index (χ4n) is 1.22. The topological polar surface area (TPSA) is 49.7 Å². The van der Waals surface area contributed by atoms with Crippen molar-refractivity contribution in [2.45, 2.75) is 19.4 Å². The predicted molar refractivity (Wildman–Crippen MR) is 59.3 cm³/mol. The molecule has 1 aromatic rings. The summed E-state index contributed by atoms with van der Waals surface area (Å²) in [6, 6.07) is 5.12. The van der Waals surface area contributed by atoms with Gasteiger partial charge >= 0.3 is 0 Å². The number of hydrogen-bond donors (Lipinski definition) is 2. The van der Waals surface area contributed by atoms with E-state index in [1.165, 1.54) is 0 Å². The molecule has 4 heteroatoms. The Kier molecular flexibility index (Phi) is 4.88. The van der Waals surface area contributed by atoms with Crippen molar-refractivity contribution in [3.05, 3.63) is 28.8 Å². The normalized spacial score (nSPS) is 12.5. The average molecular weight is 231 g/mol. The van der Waals surface area contributed by atoms with Gasteiger partial charge in [-0.2, -0.15) is 0 Å². The minimum atomic E-state index is -0.618. The third kappa shape index (κ3) is 3.70. The highest BCUT2D eigenvalue weighted by Gasteiger charge is 2.09. The molecule has 1 rings (SSSR count). The Morgan fingerprint density at radius 1 is 1.47 bits per heavy atom. The van der Waals surface area contributed by atoms with Crippen molar-refractivity contribution >= 4 is 11.6 Å². The molecular weight excluding hydrogens is 216 g/mol. The Morgan fingerprint density at radius 2 is 2.20 bits per heavy atom. The molecule has 0 unspecified atom stereocenters. The van der Waals surface area contributed by atoms with Gasteiger partial charge in [0.1, 0.15) is 5.75 Å². The van der Waals surface area contributed by atoms with Gasteiger partial charge in [-0.05, 0) is 25.1 Å². The van der Waals surface area contributed by atoms with Crippen molar-refractivity contribution in [3.8, 4) is 5.75 Å². The molecule has 0 aromatic heterocycles. The van der Waals surface area contributed by atoms with Gasteiger partial charge in [-0.1, -0.05) is 11.6 Å². The first kappa shape index (κ1) is 12.3. The van der Waals surface area contributed by atoms with Gasteiger partial charge in [0.2, 0.25) is 0 Å². The van der Waals surface area contributed by atoms with Crippen LogP contribution < -0.4 is 4.74 Å². The van der Waals surface area contributed by atoms with Gasteiger partial charge < -0.3 is 14.9 Å². The maximum absolute atomic E-state index is 9.50. The van der Waals surface area contributed by atoms with E-state index in [1.54, 1.807) is 25.1 Å². The van der Waals surface area contributed by atoms with Crippen molar-refractivity contribution in [2.24, 2.45) is 0 Å². The molecule has 0 heterocycles. The van der Waals surface area contributed by atoms with Crippen LogP contribution in [0.25, 0.3) is 0 Å². The molecule has 0 aliphatic rings. The molecule has 0 saturated heterocycles. The quantitative estimate of drug-likeness (QED) is 0.763. The third-order valence-electron chi connectivity index (χ3n) is 1.98. The monoisotopic (exact) mass is 230 g/mol. The van der Waals surface area contributed by atoms with Crippen LogP contribution in [-0.2, 0) is 0 Å². The van der Waals surface area contributed by atoms with E-state index in [4.69, 9.17) is 21.4 Å². The van der Waals surface area contributed by atoms with Crippen LogP contribution in [0.5, 0.6) is 5.75 Å². The van der Waals surface area contributed by atoms with Crippen LogP contribution in [0.2, 0.25) is 5.02 Å². The highest BCUT2D eigenvalue weighted by molar-refractivity contribution is 6.30. The van der Waals surface area contributed by atoms with E-state index in [1.807, 2.05) is 0 Å². The first-order chi connectivity index (χ1) is 7.15. The molecule has 2 N–H and O–H groups in total. The molecule has 15 heavy (non-hydrogen) atoms. The molecule has 0 aliphatic heterocycles. The summed E-state index contributed by atoms with van der Waals surface area (Å²) in [6.45, 7) is 2.18. The lowest BCUT2D eigenvalue weighted by Crippen LogP contribution is -2.03. The summed E-state index contributed by atoms with van der Waals surface area (Å²) in [5, 5.41) is 18.7. The van der Waals surface area contributed by atoms with Gasteiger partial charge in [-0.3, -0.25) is 0 Å². The van der Waals surface area contributed by atoms with Crippen molar-refractivity contribution < 1.29 is 14.9 Å². The van der Waals surface area contributed by atoms with E-state index in [0.29, 0.717) is 29.4 Å². The molecule has 3 nitrogen and oxygen atoms in total. The van der Waals surface area contributed by atoms with Gasteiger partial charge in [-0.25, -0.2) is 0 Å². The maximum Gasteiger partial charge on any atom is 0.125 e. The van der Waals surface area contributed by atoms with Crippen molar-refractivity contribution in [1.82, 2.24) is 0 Å². The lowest BCUT2D eigenvalue weighted by atomic mass is 10.1. The zero-order valence-corrected chi connectivity index (χ0v) is 9.37. The molecule has 0 radical (unpaired) electrons. The van der Waals surface area contributed by atoms with Gasteiger partial charge in [0.15, 0.2) is 0 Å². The molecule has 0 saturated carbocycles. The average Bonchev–Trinajstić information content (AvgIpc) is 2.20. The summed E-state index contributed by atoms with van der Waals surface area (Å²) >= 11 is 5.82. The van der Waals surface area contributed by atoms with Gasteiger partial charge in [0, 0.05) is 23.6 Å². The summed E-state index contributed by atoms with van der Waals surface area (Å²) < 4.78 is 5.42. The van der Waals surface area contributed by atoms with Crippen LogP contribution in [-0.4, -0.2) is 23.4 Å². The summed E-state index contributed by atoms with van der Waals surface area (Å²) in [5.74, 6) is 0.614. The van der Waals surface area contributed by atoms with Crippen LogP contribution >= 0.6 is 11.6 Å². The largest absolute Gasteiger partial charge is 0.493 e. The standard InChI is InChI=1S/C11H15ClO3/c1-8(14)10-7-9(12)3-4-11(10)15-6-2-5-13/h3-4,7-8,13-14H,2,5-6H2,1H3/t8-/m1/s1. The molecule has 0 fully saturated rings. The Balaban J connectivity index is 2.77. The second kappa shape index (κ2) is 5.95. The van der Waals surface area contributed by atoms with E-state index in [-0.39, 0.29) is 6.61 Å². The Hall–Kier alpha value is -0.770. The SMILES string of the molecule is C[C@@H](O)c1cc(Cl)ccc1OCCCO. The van der Waals surface area contributed by atoms with Crippen LogP contribution in [0.4, 0.5) is 0 Å². The highest BCUT2D eigenvalue weighted by Crippen LogP contribution is 2.28. The summed E-state index contributed by atoms with van der Waals surface area (Å²) in [7, 11) is 0. The van der Waals surface area contributed by atoms with Crippen molar-refractivity contribution in [3.63, 3.8) is 0 Å². The number of aliphatic hydroxyl groups excluding tert-OH is 2. The van der Waals surface area contributed by atoms with Crippen LogP contribution in [0.3, 0.4) is 0 Å². The lowest BCUT2D eigenvalue weighted by molar-refractivity contribution is 0.187. The number of rotatable bonds is 5. The molecule has 0 bridgehead atoms. The van der Waals surface area contributed by atoms with Crippen LogP contribution in [0, 0.1) is 0 Å². The molecule has 1 atom stereocenters. The zero-order chi connectivity index (χ0) is 11.3. The molecule has 84 valence electrons. The summed E-state index contributed by atoms with van der Waals surface area (Å²) in [4.78, 5) is 0. The number of hydrogen-bond acceptors (Lipinski definition) is 3. The first-order valence-electron chi connectivity index (χ1n) is 4.86. The summed E-state index contributed by atoms with van der Waals surface area (Å²) in [6.07, 6.45) is -0.0464. The lowest BCUT2D eigenvalue weighted by Gasteiger charge is -2.13. The van der Waals surface area contributed by atoms with E-state index >= 15 is 0 Å². The number of aliphatic hydroxyl groups is 2. The minimum Gasteiger partial charge on any atom is -0.493 e. The Morgan fingerprint density at radius 3 is 2.80 bits per heavy atom. The van der Waals surface area contributed by atoms with Gasteiger partial charge in [0.05, 0.1) is 12.7 Å². The molecule has 0 aliphatic carbocycles. The third-order valence-corrected chi connectivity index (χ3v) is 2.22. The van der Waals surface area contributed by atoms with Gasteiger partial charge in [-0.15, -0.1) is 0 Å². The van der Waals surface area contributed by atoms with Crippen LogP contribution in [0.15, 0.2) is 18.2 Å². The zero-order valence-electron chi connectivity index (χ0n) is 8.61. The van der Waals surface area contributed by atoms with Crippen molar-refractivity contribution in [1.29, 1.82) is 0 Å². The Labute approximate surface area is 94.3 Å². The molecular formula is C11H15ClO3. The van der Waals surface area contributed by atoms with E-state index in [0.717, 1.165) is 0 Å². The molecule has 0 amide bonds. The van der Waals surface area contributed by atoms with Gasteiger partial charge in [0.25, 0.3) is 0 Å². The van der Waals surface area contributed by atoms with E-state index < -0.39 is 6.10 Å². The second-order valence-electron chi connectivity index (χ2n) is 3.28. The van der Waals surface area contributed by atoms with E-state index in [9.17, 15) is 5.11 Å². The fraction of sp³-hybridized carbons (Fsp3) is 0.455. The smallest absolute Gasteiger partial charge is 0.125 e. The number of benzene rings is 1. The number of ether oxygens (including phenoxy) is 1. The second-order valence-corrected chi connectivity index (χ2v) is 3.72. The molecule has 1 aromatic carbocycles. The maximum atomic E-state index is 9.50. The predicted octanol–water partition coefficient (Wildman–Crippen LogP) is 2.15. The highest BCUT2D eigenvalue weighted by atomic mass is 35.5. The summed E-state index contributed by atoms with van der Waals surface area (Å²) in [5.41, 5.74) is 0.667. The molecule has 0 spiro atoms. The van der Waals surface area contributed by atoms with Crippen molar-refractivity contribution in [2.75, 3.05) is 13.2 Å². The Bertz CT molecular complexity index is 313. The first-order valence-corrected chi connectivity index (χ1v) is 5.24. The number of halogens is 1. The minimum absolute atomic E-state index is 0.0948.